The van der Waals surface area contributed by atoms with E-state index in [4.69, 9.17) is 9.52 Å². The van der Waals surface area contributed by atoms with Crippen LogP contribution in [-0.2, 0) is 6.54 Å². The van der Waals surface area contributed by atoms with Crippen LogP contribution in [0.15, 0.2) is 41.2 Å². The first-order valence-corrected chi connectivity index (χ1v) is 8.14. The average molecular weight is 330 g/mol. The number of hydrogen-bond acceptors (Lipinski definition) is 6. The molecule has 0 fully saturated rings. The zero-order valence-corrected chi connectivity index (χ0v) is 13.6. The predicted molar refractivity (Wildman–Crippen MR) is 91.4 cm³/mol. The number of aliphatic hydroxyl groups is 1. The number of aromatic nitrogens is 3. The van der Waals surface area contributed by atoms with Crippen molar-refractivity contribution >= 4 is 22.5 Å². The summed E-state index contributed by atoms with van der Waals surface area (Å²) >= 11 is 1.57. The maximum absolute atomic E-state index is 8.95. The van der Waals surface area contributed by atoms with Crippen LogP contribution in [0.2, 0.25) is 0 Å². The number of aliphatic hydroxyl groups excluding tert-OH is 1. The first kappa shape index (κ1) is 15.5. The van der Waals surface area contributed by atoms with Crippen molar-refractivity contribution in [1.82, 2.24) is 14.8 Å². The van der Waals surface area contributed by atoms with Crippen molar-refractivity contribution in [2.24, 2.45) is 0 Å². The van der Waals surface area contributed by atoms with Gasteiger partial charge in [-0.05, 0) is 31.2 Å². The minimum Gasteiger partial charge on any atom is -0.465 e. The zero-order chi connectivity index (χ0) is 16.1. The molecule has 7 heteroatoms. The lowest BCUT2D eigenvalue weighted by molar-refractivity contribution is 0.269. The maximum atomic E-state index is 8.95. The van der Waals surface area contributed by atoms with E-state index in [2.05, 4.69) is 15.4 Å². The summed E-state index contributed by atoms with van der Waals surface area (Å²) < 4.78 is 6.96. The summed E-state index contributed by atoms with van der Waals surface area (Å²) in [4.78, 5) is 5.57. The van der Waals surface area contributed by atoms with Gasteiger partial charge in [0, 0.05) is 12.7 Å². The first-order valence-electron chi connectivity index (χ1n) is 7.32. The Labute approximate surface area is 138 Å². The van der Waals surface area contributed by atoms with Gasteiger partial charge in [-0.2, -0.15) is 5.10 Å². The number of aryl methyl sites for hydroxylation is 1. The number of anilines is 1. The molecule has 0 saturated carbocycles. The lowest BCUT2D eigenvalue weighted by Crippen LogP contribution is -2.02. The molecule has 23 heavy (non-hydrogen) atoms. The van der Waals surface area contributed by atoms with Crippen LogP contribution in [0.1, 0.15) is 11.5 Å². The third kappa shape index (κ3) is 3.88. The smallest absolute Gasteiger partial charge is 0.183 e. The van der Waals surface area contributed by atoms with Crippen molar-refractivity contribution in [1.29, 1.82) is 0 Å². The number of hydrogen-bond donors (Lipinski definition) is 2. The highest BCUT2D eigenvalue weighted by molar-refractivity contribution is 7.19. The fraction of sp³-hybridized carbons (Fsp3) is 0.250. The lowest BCUT2D eigenvalue weighted by atomic mass is 10.3. The largest absolute Gasteiger partial charge is 0.465 e. The molecule has 3 aromatic heterocycles. The second-order valence-corrected chi connectivity index (χ2v) is 5.92. The minimum atomic E-state index is 0.0810. The Morgan fingerprint density at radius 3 is 3.13 bits per heavy atom. The molecule has 0 unspecified atom stereocenters. The molecule has 0 radical (unpaired) electrons. The standard InChI is InChI=1S/C16H18N4O2S/c1-12-15(14-6-8-20(19-14)9-10-21)23-16(18-12)17-7-2-4-13-5-3-11-22-13/h2-6,8,11,21H,7,9-10H2,1H3,(H,17,18)/b4-2+. The van der Waals surface area contributed by atoms with E-state index < -0.39 is 0 Å². The molecule has 0 spiro atoms. The number of nitrogens with one attached hydrogen (secondary N) is 1. The Balaban J connectivity index is 1.63. The van der Waals surface area contributed by atoms with Gasteiger partial charge in [-0.1, -0.05) is 17.4 Å². The number of furan rings is 1. The van der Waals surface area contributed by atoms with Gasteiger partial charge in [-0.25, -0.2) is 4.98 Å². The Bertz CT molecular complexity index is 774. The van der Waals surface area contributed by atoms with Crippen LogP contribution >= 0.6 is 11.3 Å². The van der Waals surface area contributed by atoms with E-state index >= 15 is 0 Å². The summed E-state index contributed by atoms with van der Waals surface area (Å²) in [5.74, 6) is 0.831. The molecule has 3 heterocycles. The van der Waals surface area contributed by atoms with Crippen LogP contribution < -0.4 is 5.32 Å². The van der Waals surface area contributed by atoms with Crippen LogP contribution in [0.3, 0.4) is 0 Å². The lowest BCUT2D eigenvalue weighted by Gasteiger charge is -1.96. The second kappa shape index (κ2) is 7.26. The van der Waals surface area contributed by atoms with Crippen molar-refractivity contribution in [2.45, 2.75) is 13.5 Å². The van der Waals surface area contributed by atoms with Gasteiger partial charge in [0.15, 0.2) is 5.13 Å². The van der Waals surface area contributed by atoms with Crippen LogP contribution in [0, 0.1) is 6.92 Å². The first-order chi connectivity index (χ1) is 11.3. The monoisotopic (exact) mass is 330 g/mol. The molecule has 0 aliphatic rings. The van der Waals surface area contributed by atoms with Crippen LogP contribution in [-0.4, -0.2) is 33.0 Å². The Kier molecular flexibility index (Phi) is 4.89. The van der Waals surface area contributed by atoms with Crippen LogP contribution in [0.25, 0.3) is 16.6 Å². The molecular weight excluding hydrogens is 312 g/mol. The summed E-state index contributed by atoms with van der Waals surface area (Å²) in [5.41, 5.74) is 1.83. The summed E-state index contributed by atoms with van der Waals surface area (Å²) in [5, 5.41) is 17.5. The molecule has 0 amide bonds. The molecule has 0 aliphatic heterocycles. The SMILES string of the molecule is Cc1nc(NC/C=C/c2ccco2)sc1-c1ccn(CCO)n1. The average Bonchev–Trinajstić information content (AvgIpc) is 3.25. The number of rotatable bonds is 7. The molecule has 0 aliphatic carbocycles. The van der Waals surface area contributed by atoms with Gasteiger partial charge >= 0.3 is 0 Å². The van der Waals surface area contributed by atoms with Gasteiger partial charge in [-0.3, -0.25) is 4.68 Å². The van der Waals surface area contributed by atoms with E-state index in [1.807, 2.05) is 43.5 Å². The molecule has 6 nitrogen and oxygen atoms in total. The molecule has 0 saturated heterocycles. The number of thiazole rings is 1. The topological polar surface area (TPSA) is 76.1 Å². The van der Waals surface area contributed by atoms with Gasteiger partial charge in [0.1, 0.15) is 11.5 Å². The van der Waals surface area contributed by atoms with E-state index in [1.54, 1.807) is 22.3 Å². The van der Waals surface area contributed by atoms with Crippen LogP contribution in [0.4, 0.5) is 5.13 Å². The van der Waals surface area contributed by atoms with Gasteiger partial charge in [0.2, 0.25) is 0 Å². The van der Waals surface area contributed by atoms with Crippen LogP contribution in [0.5, 0.6) is 0 Å². The normalized spacial score (nSPS) is 11.4. The Morgan fingerprint density at radius 2 is 2.35 bits per heavy atom. The second-order valence-electron chi connectivity index (χ2n) is 4.92. The van der Waals surface area contributed by atoms with Gasteiger partial charge in [-0.15, -0.1) is 0 Å². The third-order valence-corrected chi connectivity index (χ3v) is 4.33. The molecular formula is C16H18N4O2S. The summed E-state index contributed by atoms with van der Waals surface area (Å²) in [6, 6.07) is 5.71. The van der Waals surface area contributed by atoms with Gasteiger partial charge in [0.25, 0.3) is 0 Å². The van der Waals surface area contributed by atoms with E-state index in [1.165, 1.54) is 0 Å². The summed E-state index contributed by atoms with van der Waals surface area (Å²) in [6.45, 7) is 3.23. The Hall–Kier alpha value is -2.38. The fourth-order valence-electron chi connectivity index (χ4n) is 2.13. The van der Waals surface area contributed by atoms with E-state index in [0.717, 1.165) is 27.2 Å². The van der Waals surface area contributed by atoms with Crippen molar-refractivity contribution in [3.63, 3.8) is 0 Å². The molecule has 2 N–H and O–H groups in total. The van der Waals surface area contributed by atoms with E-state index in [-0.39, 0.29) is 6.61 Å². The predicted octanol–water partition coefficient (Wildman–Crippen LogP) is 3.03. The molecule has 0 atom stereocenters. The van der Waals surface area contributed by atoms with Crippen molar-refractivity contribution in [3.05, 3.63) is 48.2 Å². The van der Waals surface area contributed by atoms with Crippen molar-refractivity contribution < 1.29 is 9.52 Å². The minimum absolute atomic E-state index is 0.0810. The van der Waals surface area contributed by atoms with Gasteiger partial charge in [0.05, 0.1) is 30.0 Å². The quantitative estimate of drug-likeness (QED) is 0.696. The zero-order valence-electron chi connectivity index (χ0n) is 12.8. The van der Waals surface area contributed by atoms with E-state index in [0.29, 0.717) is 13.1 Å². The van der Waals surface area contributed by atoms with E-state index in [9.17, 15) is 0 Å². The van der Waals surface area contributed by atoms with Gasteiger partial charge < -0.3 is 14.8 Å². The summed E-state index contributed by atoms with van der Waals surface area (Å²) in [7, 11) is 0. The molecule has 3 rings (SSSR count). The highest BCUT2D eigenvalue weighted by Gasteiger charge is 2.11. The molecule has 0 aromatic carbocycles. The summed E-state index contributed by atoms with van der Waals surface area (Å²) in [6.07, 6.45) is 7.43. The Morgan fingerprint density at radius 1 is 1.43 bits per heavy atom. The molecule has 120 valence electrons. The highest BCUT2D eigenvalue weighted by Crippen LogP contribution is 2.31. The fourth-order valence-corrected chi connectivity index (χ4v) is 3.07. The highest BCUT2D eigenvalue weighted by atomic mass is 32.1. The van der Waals surface area contributed by atoms with Crippen molar-refractivity contribution in [3.8, 4) is 10.6 Å². The maximum Gasteiger partial charge on any atom is 0.183 e. The molecule has 3 aromatic rings. The van der Waals surface area contributed by atoms with Crippen molar-refractivity contribution in [2.75, 3.05) is 18.5 Å². The third-order valence-electron chi connectivity index (χ3n) is 3.20. The molecule has 0 bridgehead atoms. The number of nitrogens with zero attached hydrogens (tertiary/aromatic N) is 3.